The van der Waals surface area contributed by atoms with Crippen LogP contribution in [0.3, 0.4) is 0 Å². The highest BCUT2D eigenvalue weighted by Crippen LogP contribution is 2.28. The maximum absolute atomic E-state index is 11.4. The van der Waals surface area contributed by atoms with Crippen molar-refractivity contribution < 1.29 is 14.6 Å². The van der Waals surface area contributed by atoms with Gasteiger partial charge in [-0.05, 0) is 30.3 Å². The molecule has 0 atom stereocenters. The first-order valence-electron chi connectivity index (χ1n) is 6.79. The molecule has 0 radical (unpaired) electrons. The summed E-state index contributed by atoms with van der Waals surface area (Å²) in [5.74, 6) is -0.0626. The number of nitrogens with zero attached hydrogens (tertiary/aromatic N) is 2. The molecule has 1 aromatic heterocycles. The summed E-state index contributed by atoms with van der Waals surface area (Å²) in [7, 11) is 1.28. The third-order valence-corrected chi connectivity index (χ3v) is 3.30. The number of hydrogen-bond donors (Lipinski definition) is 3. The Bertz CT molecular complexity index is 896. The molecular formula is C16H14N4O3. The Labute approximate surface area is 131 Å². The van der Waals surface area contributed by atoms with Gasteiger partial charge in [-0.1, -0.05) is 12.1 Å². The molecule has 7 heteroatoms. The van der Waals surface area contributed by atoms with Crippen molar-refractivity contribution in [3.63, 3.8) is 0 Å². The Balaban J connectivity index is 1.94. The van der Waals surface area contributed by atoms with Gasteiger partial charge in [0.25, 0.3) is 0 Å². The third-order valence-electron chi connectivity index (χ3n) is 3.30. The number of benzene rings is 2. The van der Waals surface area contributed by atoms with Gasteiger partial charge in [0.1, 0.15) is 11.6 Å². The number of carbonyl (C=O) groups excluding carboxylic acids is 1. The van der Waals surface area contributed by atoms with Crippen molar-refractivity contribution in [1.29, 1.82) is 0 Å². The number of phenols is 1. The van der Waals surface area contributed by atoms with Crippen molar-refractivity contribution in [3.05, 3.63) is 48.0 Å². The Kier molecular flexibility index (Phi) is 3.68. The molecule has 116 valence electrons. The second-order valence-corrected chi connectivity index (χ2v) is 4.80. The number of carbonyl (C=O) groups is 1. The van der Waals surface area contributed by atoms with Gasteiger partial charge in [-0.2, -0.15) is 4.98 Å². The molecule has 0 amide bonds. The van der Waals surface area contributed by atoms with Gasteiger partial charge in [0, 0.05) is 5.39 Å². The van der Waals surface area contributed by atoms with E-state index in [9.17, 15) is 9.90 Å². The zero-order chi connectivity index (χ0) is 16.4. The van der Waals surface area contributed by atoms with Crippen LogP contribution in [-0.2, 0) is 4.74 Å². The van der Waals surface area contributed by atoms with E-state index in [0.717, 1.165) is 5.39 Å². The van der Waals surface area contributed by atoms with E-state index in [1.807, 2.05) is 24.3 Å². The standard InChI is InChI=1S/C16H14N4O3/c1-23-15(22)9-6-7-12(13(21)8-9)19-16-18-11-5-3-2-4-10(11)14(17)20-16/h2-8,21H,1H3,(H3,17,18,19,20). The molecule has 0 bridgehead atoms. The van der Waals surface area contributed by atoms with Crippen LogP contribution < -0.4 is 11.1 Å². The molecular weight excluding hydrogens is 296 g/mol. The number of aromatic hydroxyl groups is 1. The van der Waals surface area contributed by atoms with Gasteiger partial charge in [0.2, 0.25) is 5.95 Å². The first kappa shape index (κ1) is 14.6. The van der Waals surface area contributed by atoms with Gasteiger partial charge in [0.15, 0.2) is 0 Å². The molecule has 23 heavy (non-hydrogen) atoms. The smallest absolute Gasteiger partial charge is 0.337 e. The van der Waals surface area contributed by atoms with Gasteiger partial charge in [-0.25, -0.2) is 9.78 Å². The fourth-order valence-electron chi connectivity index (χ4n) is 2.16. The van der Waals surface area contributed by atoms with E-state index < -0.39 is 5.97 Å². The summed E-state index contributed by atoms with van der Waals surface area (Å²) >= 11 is 0. The number of methoxy groups -OCH3 is 1. The van der Waals surface area contributed by atoms with Gasteiger partial charge in [0.05, 0.1) is 23.9 Å². The van der Waals surface area contributed by atoms with E-state index in [1.165, 1.54) is 25.3 Å². The van der Waals surface area contributed by atoms with Crippen molar-refractivity contribution in [2.75, 3.05) is 18.2 Å². The number of nitrogens with one attached hydrogen (secondary N) is 1. The van der Waals surface area contributed by atoms with Crippen molar-refractivity contribution in [1.82, 2.24) is 9.97 Å². The second kappa shape index (κ2) is 5.80. The van der Waals surface area contributed by atoms with E-state index in [1.54, 1.807) is 0 Å². The summed E-state index contributed by atoms with van der Waals surface area (Å²) < 4.78 is 4.60. The van der Waals surface area contributed by atoms with Gasteiger partial charge in [-0.15, -0.1) is 0 Å². The number of phenolic OH excluding ortho intramolecular Hbond substituents is 1. The topological polar surface area (TPSA) is 110 Å². The molecule has 0 spiro atoms. The quantitative estimate of drug-likeness (QED) is 0.503. The average molecular weight is 310 g/mol. The van der Waals surface area contributed by atoms with E-state index >= 15 is 0 Å². The Hall–Kier alpha value is -3.35. The van der Waals surface area contributed by atoms with Crippen LogP contribution in [0.15, 0.2) is 42.5 Å². The lowest BCUT2D eigenvalue weighted by Gasteiger charge is -2.10. The van der Waals surface area contributed by atoms with E-state index in [-0.39, 0.29) is 17.3 Å². The minimum Gasteiger partial charge on any atom is -0.506 e. The summed E-state index contributed by atoms with van der Waals surface area (Å²) in [6, 6.07) is 11.7. The van der Waals surface area contributed by atoms with Crippen LogP contribution in [0, 0.1) is 0 Å². The molecule has 3 rings (SSSR count). The second-order valence-electron chi connectivity index (χ2n) is 4.80. The molecule has 0 aliphatic carbocycles. The van der Waals surface area contributed by atoms with E-state index in [0.29, 0.717) is 17.0 Å². The Morgan fingerprint density at radius 1 is 1.22 bits per heavy atom. The van der Waals surface area contributed by atoms with Gasteiger partial charge < -0.3 is 20.9 Å². The summed E-state index contributed by atoms with van der Waals surface area (Å²) in [5, 5.41) is 13.7. The van der Waals surface area contributed by atoms with Crippen LogP contribution in [0.2, 0.25) is 0 Å². The fraction of sp³-hybridized carbons (Fsp3) is 0.0625. The lowest BCUT2D eigenvalue weighted by atomic mass is 10.2. The van der Waals surface area contributed by atoms with Crippen LogP contribution >= 0.6 is 0 Å². The summed E-state index contributed by atoms with van der Waals surface area (Å²) in [4.78, 5) is 19.9. The SMILES string of the molecule is COC(=O)c1ccc(Nc2nc(N)c3ccccc3n2)c(O)c1. The number of fused-ring (bicyclic) bond motifs is 1. The predicted octanol–water partition coefficient (Wildman–Crippen LogP) is 2.45. The average Bonchev–Trinajstić information content (AvgIpc) is 2.56. The molecule has 7 nitrogen and oxygen atoms in total. The van der Waals surface area contributed by atoms with Crippen molar-refractivity contribution >= 4 is 34.3 Å². The molecule has 0 aliphatic rings. The molecule has 0 saturated heterocycles. The summed E-state index contributed by atoms with van der Waals surface area (Å²) in [5.41, 5.74) is 7.20. The first-order chi connectivity index (χ1) is 11.1. The number of ether oxygens (including phenoxy) is 1. The zero-order valence-corrected chi connectivity index (χ0v) is 12.3. The van der Waals surface area contributed by atoms with E-state index in [4.69, 9.17) is 5.73 Å². The minimum atomic E-state index is -0.530. The largest absolute Gasteiger partial charge is 0.506 e. The van der Waals surface area contributed by atoms with Crippen LogP contribution in [0.25, 0.3) is 10.9 Å². The number of para-hydroxylation sites is 1. The van der Waals surface area contributed by atoms with E-state index in [2.05, 4.69) is 20.0 Å². The maximum atomic E-state index is 11.4. The number of nitrogens with two attached hydrogens (primary N) is 1. The number of anilines is 3. The molecule has 0 aliphatic heterocycles. The lowest BCUT2D eigenvalue weighted by Crippen LogP contribution is -2.03. The predicted molar refractivity (Wildman–Crippen MR) is 86.7 cm³/mol. The van der Waals surface area contributed by atoms with Gasteiger partial charge in [-0.3, -0.25) is 0 Å². The van der Waals surface area contributed by atoms with Crippen LogP contribution in [0.4, 0.5) is 17.5 Å². The third kappa shape index (κ3) is 2.84. The lowest BCUT2D eigenvalue weighted by molar-refractivity contribution is 0.0600. The van der Waals surface area contributed by atoms with Crippen LogP contribution in [0.5, 0.6) is 5.75 Å². The zero-order valence-electron chi connectivity index (χ0n) is 12.3. The van der Waals surface area contributed by atoms with Crippen LogP contribution in [0.1, 0.15) is 10.4 Å². The highest BCUT2D eigenvalue weighted by Gasteiger charge is 2.11. The van der Waals surface area contributed by atoms with Gasteiger partial charge >= 0.3 is 5.97 Å². The number of hydrogen-bond acceptors (Lipinski definition) is 7. The molecule has 3 aromatic rings. The fourth-order valence-corrected chi connectivity index (χ4v) is 2.16. The number of rotatable bonds is 3. The molecule has 1 heterocycles. The maximum Gasteiger partial charge on any atom is 0.337 e. The number of nitrogen functional groups attached to an aromatic ring is 1. The van der Waals surface area contributed by atoms with Crippen molar-refractivity contribution in [2.24, 2.45) is 0 Å². The highest BCUT2D eigenvalue weighted by atomic mass is 16.5. The molecule has 2 aromatic carbocycles. The summed E-state index contributed by atoms with van der Waals surface area (Å²) in [6.45, 7) is 0. The first-order valence-corrected chi connectivity index (χ1v) is 6.79. The minimum absolute atomic E-state index is 0.122. The monoisotopic (exact) mass is 310 g/mol. The molecule has 4 N–H and O–H groups in total. The molecule has 0 unspecified atom stereocenters. The van der Waals surface area contributed by atoms with Crippen LogP contribution in [-0.4, -0.2) is 28.2 Å². The Morgan fingerprint density at radius 2 is 2.00 bits per heavy atom. The molecule has 0 saturated carbocycles. The highest BCUT2D eigenvalue weighted by molar-refractivity contribution is 5.91. The molecule has 0 fully saturated rings. The summed E-state index contributed by atoms with van der Waals surface area (Å²) in [6.07, 6.45) is 0. The van der Waals surface area contributed by atoms with Crippen molar-refractivity contribution in [3.8, 4) is 5.75 Å². The normalized spacial score (nSPS) is 10.5. The Morgan fingerprint density at radius 3 is 2.74 bits per heavy atom. The number of aromatic nitrogens is 2. The van der Waals surface area contributed by atoms with Crippen molar-refractivity contribution in [2.45, 2.75) is 0 Å². The number of esters is 1.